The number of imidazole rings is 1. The highest BCUT2D eigenvalue weighted by atomic mass is 19.1. The summed E-state index contributed by atoms with van der Waals surface area (Å²) >= 11 is 0. The summed E-state index contributed by atoms with van der Waals surface area (Å²) < 4.78 is 14.0. The summed E-state index contributed by atoms with van der Waals surface area (Å²) in [5, 5.41) is 5.85. The lowest BCUT2D eigenvalue weighted by Crippen LogP contribution is -2.52. The van der Waals surface area contributed by atoms with Gasteiger partial charge in [-0.3, -0.25) is 4.79 Å². The SMILES string of the molecule is CC(C)CN(C)C(=O)NC(CCN1CCCCC1)C(=O)N[C@@H](C)c1nc2c(F)cccc2[nH]1. The third kappa shape index (κ3) is 6.90. The van der Waals surface area contributed by atoms with Gasteiger partial charge in [-0.2, -0.15) is 0 Å². The summed E-state index contributed by atoms with van der Waals surface area (Å²) in [5.74, 6) is 0.122. The van der Waals surface area contributed by atoms with Crippen molar-refractivity contribution < 1.29 is 14.0 Å². The van der Waals surface area contributed by atoms with E-state index in [2.05, 4.69) is 25.5 Å². The van der Waals surface area contributed by atoms with E-state index in [-0.39, 0.29) is 17.5 Å². The first-order valence-electron chi connectivity index (χ1n) is 11.9. The number of piperidine rings is 1. The molecule has 0 aliphatic carbocycles. The lowest BCUT2D eigenvalue weighted by atomic mass is 10.1. The fraction of sp³-hybridized carbons (Fsp3) is 0.625. The van der Waals surface area contributed by atoms with Crippen LogP contribution < -0.4 is 10.6 Å². The number of carbonyl (C=O) groups is 2. The molecule has 2 atom stereocenters. The predicted octanol–water partition coefficient (Wildman–Crippen LogP) is 3.42. The van der Waals surface area contributed by atoms with Crippen LogP contribution in [0.3, 0.4) is 0 Å². The van der Waals surface area contributed by atoms with Gasteiger partial charge < -0.3 is 25.4 Å². The van der Waals surface area contributed by atoms with E-state index in [9.17, 15) is 14.0 Å². The maximum absolute atomic E-state index is 14.0. The van der Waals surface area contributed by atoms with E-state index in [0.717, 1.165) is 19.6 Å². The van der Waals surface area contributed by atoms with Crippen molar-refractivity contribution in [1.29, 1.82) is 0 Å². The van der Waals surface area contributed by atoms with Gasteiger partial charge in [0.1, 0.15) is 17.4 Å². The summed E-state index contributed by atoms with van der Waals surface area (Å²) in [6.45, 7) is 9.28. The minimum atomic E-state index is -0.669. The number of nitrogens with zero attached hydrogens (tertiary/aromatic N) is 3. The highest BCUT2D eigenvalue weighted by Gasteiger charge is 2.26. The smallest absolute Gasteiger partial charge is 0.317 e. The fourth-order valence-electron chi connectivity index (χ4n) is 4.26. The van der Waals surface area contributed by atoms with Gasteiger partial charge in [-0.05, 0) is 57.3 Å². The van der Waals surface area contributed by atoms with E-state index in [1.54, 1.807) is 31.0 Å². The first kappa shape index (κ1) is 25.0. The second kappa shape index (κ2) is 11.4. The summed E-state index contributed by atoms with van der Waals surface area (Å²) in [6.07, 6.45) is 4.10. The van der Waals surface area contributed by atoms with Crippen molar-refractivity contribution in [3.8, 4) is 0 Å². The number of nitrogens with one attached hydrogen (secondary N) is 3. The van der Waals surface area contributed by atoms with Gasteiger partial charge in [0.2, 0.25) is 5.91 Å². The molecule has 1 aliphatic heterocycles. The van der Waals surface area contributed by atoms with Crippen LogP contribution in [0.25, 0.3) is 11.0 Å². The van der Waals surface area contributed by atoms with Gasteiger partial charge in [0.25, 0.3) is 0 Å². The number of benzene rings is 1. The third-order valence-corrected chi connectivity index (χ3v) is 6.03. The van der Waals surface area contributed by atoms with Gasteiger partial charge >= 0.3 is 6.03 Å². The van der Waals surface area contributed by atoms with Gasteiger partial charge in [0, 0.05) is 20.1 Å². The van der Waals surface area contributed by atoms with E-state index >= 15 is 0 Å². The number of hydrogen-bond donors (Lipinski definition) is 3. The Bertz CT molecular complexity index is 940. The van der Waals surface area contributed by atoms with E-state index in [4.69, 9.17) is 0 Å². The maximum atomic E-state index is 14.0. The number of H-pyrrole nitrogens is 1. The second-order valence-electron chi connectivity index (χ2n) is 9.46. The lowest BCUT2D eigenvalue weighted by molar-refractivity contribution is -0.123. The van der Waals surface area contributed by atoms with Crippen LogP contribution in [-0.4, -0.2) is 71.0 Å². The minimum absolute atomic E-state index is 0.249. The second-order valence-corrected chi connectivity index (χ2v) is 9.46. The first-order valence-corrected chi connectivity index (χ1v) is 11.9. The average molecular weight is 461 g/mol. The zero-order chi connectivity index (χ0) is 24.0. The van der Waals surface area contributed by atoms with Crippen LogP contribution in [0.4, 0.5) is 9.18 Å². The van der Waals surface area contributed by atoms with E-state index < -0.39 is 17.9 Å². The number of para-hydroxylation sites is 1. The number of aromatic nitrogens is 2. The molecule has 1 aromatic carbocycles. The van der Waals surface area contributed by atoms with Crippen LogP contribution in [0.5, 0.6) is 0 Å². The molecule has 0 saturated carbocycles. The minimum Gasteiger partial charge on any atom is -0.345 e. The Morgan fingerprint density at radius 3 is 2.58 bits per heavy atom. The Balaban J connectivity index is 1.67. The van der Waals surface area contributed by atoms with Crippen LogP contribution in [-0.2, 0) is 4.79 Å². The normalized spacial score (nSPS) is 16.5. The molecule has 1 aromatic heterocycles. The largest absolute Gasteiger partial charge is 0.345 e. The predicted molar refractivity (Wildman–Crippen MR) is 127 cm³/mol. The molecule has 3 rings (SSSR count). The molecule has 3 amide bonds. The topological polar surface area (TPSA) is 93.4 Å². The number of aromatic amines is 1. The van der Waals surface area contributed by atoms with Gasteiger partial charge in [-0.25, -0.2) is 14.2 Å². The summed E-state index contributed by atoms with van der Waals surface area (Å²) in [6, 6.07) is 3.32. The maximum Gasteiger partial charge on any atom is 0.317 e. The molecule has 2 heterocycles. The molecule has 1 unspecified atom stereocenters. The summed E-state index contributed by atoms with van der Waals surface area (Å²) in [7, 11) is 1.74. The van der Waals surface area contributed by atoms with Crippen LogP contribution >= 0.6 is 0 Å². The Kier molecular flexibility index (Phi) is 8.66. The molecule has 0 spiro atoms. The fourth-order valence-corrected chi connectivity index (χ4v) is 4.26. The standard InChI is InChI=1S/C24H37FN6O2/c1-16(2)15-30(4)24(33)28-20(11-14-31-12-6-5-7-13-31)23(32)26-17(3)22-27-19-10-8-9-18(25)21(19)29-22/h8-10,16-17,20H,5-7,11-15H2,1-4H3,(H,26,32)(H,27,29)(H,28,33)/t17-,20?/m0/s1. The average Bonchev–Trinajstić information content (AvgIpc) is 3.22. The molecular formula is C24H37FN6O2. The number of rotatable bonds is 9. The summed E-state index contributed by atoms with van der Waals surface area (Å²) in [4.78, 5) is 37.2. The van der Waals surface area contributed by atoms with Crippen molar-refractivity contribution in [2.45, 2.75) is 58.5 Å². The number of carbonyl (C=O) groups excluding carboxylic acids is 2. The van der Waals surface area contributed by atoms with Crippen molar-refractivity contribution in [2.24, 2.45) is 5.92 Å². The van der Waals surface area contributed by atoms with E-state index in [1.165, 1.54) is 25.3 Å². The summed E-state index contributed by atoms with van der Waals surface area (Å²) in [5.41, 5.74) is 0.829. The Morgan fingerprint density at radius 1 is 1.18 bits per heavy atom. The molecule has 33 heavy (non-hydrogen) atoms. The van der Waals surface area contributed by atoms with Crippen molar-refractivity contribution >= 4 is 23.0 Å². The van der Waals surface area contributed by atoms with Gasteiger partial charge in [0.05, 0.1) is 11.6 Å². The van der Waals surface area contributed by atoms with Gasteiger partial charge in [-0.1, -0.05) is 26.3 Å². The zero-order valence-corrected chi connectivity index (χ0v) is 20.2. The molecule has 3 N–H and O–H groups in total. The number of halogens is 1. The number of fused-ring (bicyclic) bond motifs is 1. The van der Waals surface area contributed by atoms with Crippen LogP contribution in [0.1, 0.15) is 58.3 Å². The Morgan fingerprint density at radius 2 is 1.91 bits per heavy atom. The van der Waals surface area contributed by atoms with Crippen molar-refractivity contribution in [1.82, 2.24) is 30.4 Å². The number of likely N-dealkylation sites (tertiary alicyclic amines) is 1. The molecule has 182 valence electrons. The molecule has 1 fully saturated rings. The van der Waals surface area contributed by atoms with Crippen molar-refractivity contribution in [3.63, 3.8) is 0 Å². The van der Waals surface area contributed by atoms with Crippen molar-refractivity contribution in [3.05, 3.63) is 29.8 Å². The van der Waals surface area contributed by atoms with Crippen LogP contribution in [0, 0.1) is 11.7 Å². The molecule has 1 aliphatic rings. The van der Waals surface area contributed by atoms with E-state index in [1.807, 2.05) is 13.8 Å². The molecule has 2 aromatic rings. The third-order valence-electron chi connectivity index (χ3n) is 6.03. The quantitative estimate of drug-likeness (QED) is 0.535. The molecule has 9 heteroatoms. The molecule has 8 nitrogen and oxygen atoms in total. The molecule has 0 radical (unpaired) electrons. The highest BCUT2D eigenvalue weighted by molar-refractivity contribution is 5.87. The number of amides is 3. The van der Waals surface area contributed by atoms with E-state index in [0.29, 0.717) is 30.2 Å². The van der Waals surface area contributed by atoms with Crippen molar-refractivity contribution in [2.75, 3.05) is 33.2 Å². The lowest BCUT2D eigenvalue weighted by Gasteiger charge is -2.29. The monoisotopic (exact) mass is 460 g/mol. The number of urea groups is 1. The zero-order valence-electron chi connectivity index (χ0n) is 20.2. The van der Waals surface area contributed by atoms with Crippen LogP contribution in [0.15, 0.2) is 18.2 Å². The molecule has 0 bridgehead atoms. The molecule has 1 saturated heterocycles. The van der Waals surface area contributed by atoms with Gasteiger partial charge in [-0.15, -0.1) is 0 Å². The highest BCUT2D eigenvalue weighted by Crippen LogP contribution is 2.19. The molecular weight excluding hydrogens is 423 g/mol. The number of hydrogen-bond acceptors (Lipinski definition) is 4. The Hall–Kier alpha value is -2.68. The van der Waals surface area contributed by atoms with Gasteiger partial charge in [0.15, 0.2) is 5.82 Å². The first-order chi connectivity index (χ1) is 15.7. The Labute approximate surface area is 195 Å². The van der Waals surface area contributed by atoms with Crippen LogP contribution in [0.2, 0.25) is 0 Å².